The normalized spacial score (nSPS) is 18.7. The first-order chi connectivity index (χ1) is 17.9. The molecular weight excluding hydrogens is 520 g/mol. The number of halogens is 6. The van der Waals surface area contributed by atoms with Gasteiger partial charge in [0.2, 0.25) is 0 Å². The molecule has 1 N–H and O–H groups in total. The fourth-order valence-electron chi connectivity index (χ4n) is 4.41. The quantitative estimate of drug-likeness (QED) is 0.379. The number of carbonyl (C=O) groups is 2. The third kappa shape index (κ3) is 4.80. The SMILES string of the molecule is O=C(Nc1ccccn1)N1c2nc(-c3cccc(C(F)(F)F)c3)ccc2N2C[C@H](OC(=O)C(F)(F)F)[C@H]1C2. The molecule has 1 saturated heterocycles. The Balaban J connectivity index is 1.55. The minimum absolute atomic E-state index is 0.0184. The zero-order chi connectivity index (χ0) is 27.2. The highest BCUT2D eigenvalue weighted by Gasteiger charge is 2.51. The topological polar surface area (TPSA) is 87.7 Å². The van der Waals surface area contributed by atoms with Crippen molar-refractivity contribution in [3.05, 3.63) is 66.4 Å². The van der Waals surface area contributed by atoms with E-state index in [1.54, 1.807) is 17.0 Å². The van der Waals surface area contributed by atoms with Gasteiger partial charge in [-0.2, -0.15) is 26.3 Å². The summed E-state index contributed by atoms with van der Waals surface area (Å²) in [5.41, 5.74) is -0.363. The molecule has 2 aromatic heterocycles. The molecule has 2 bridgehead atoms. The summed E-state index contributed by atoms with van der Waals surface area (Å²) in [6.45, 7) is -0.125. The average Bonchev–Trinajstić information content (AvgIpc) is 3.21. The molecule has 2 aliphatic rings. The van der Waals surface area contributed by atoms with Crippen LogP contribution in [0.2, 0.25) is 0 Å². The molecular formula is C24H17F6N5O3. The van der Waals surface area contributed by atoms with E-state index in [0.29, 0.717) is 5.69 Å². The van der Waals surface area contributed by atoms with Crippen LogP contribution in [0.25, 0.3) is 11.3 Å². The number of amides is 2. The molecule has 2 aliphatic heterocycles. The summed E-state index contributed by atoms with van der Waals surface area (Å²) in [4.78, 5) is 36.1. The van der Waals surface area contributed by atoms with Crippen molar-refractivity contribution in [3.8, 4) is 11.3 Å². The molecule has 1 fully saturated rings. The second-order valence-electron chi connectivity index (χ2n) is 8.55. The van der Waals surface area contributed by atoms with Crippen LogP contribution in [-0.4, -0.2) is 53.4 Å². The second kappa shape index (κ2) is 9.19. The Kier molecular flexibility index (Phi) is 6.12. The maximum absolute atomic E-state index is 13.4. The number of anilines is 3. The molecule has 1 aromatic carbocycles. The number of urea groups is 1. The smallest absolute Gasteiger partial charge is 0.452 e. The van der Waals surface area contributed by atoms with Crippen molar-refractivity contribution in [2.75, 3.05) is 28.2 Å². The summed E-state index contributed by atoms with van der Waals surface area (Å²) in [6.07, 6.45) is -9.78. The van der Waals surface area contributed by atoms with Crippen LogP contribution in [0, 0.1) is 0 Å². The molecule has 2 amide bonds. The Bertz CT molecular complexity index is 1380. The van der Waals surface area contributed by atoms with E-state index in [4.69, 9.17) is 4.74 Å². The minimum Gasteiger partial charge on any atom is -0.452 e. The molecule has 0 spiro atoms. The maximum Gasteiger partial charge on any atom is 0.490 e. The molecule has 3 aromatic rings. The van der Waals surface area contributed by atoms with Crippen molar-refractivity contribution < 1.29 is 40.7 Å². The van der Waals surface area contributed by atoms with Gasteiger partial charge in [-0.05, 0) is 36.4 Å². The van der Waals surface area contributed by atoms with E-state index in [2.05, 4.69) is 15.3 Å². The molecule has 0 radical (unpaired) electrons. The van der Waals surface area contributed by atoms with Gasteiger partial charge in [0, 0.05) is 18.3 Å². The van der Waals surface area contributed by atoms with Gasteiger partial charge in [0.25, 0.3) is 0 Å². The van der Waals surface area contributed by atoms with Crippen LogP contribution in [0.4, 0.5) is 48.5 Å². The van der Waals surface area contributed by atoms with Crippen LogP contribution < -0.4 is 15.1 Å². The number of hydrogen-bond donors (Lipinski definition) is 1. The largest absolute Gasteiger partial charge is 0.490 e. The van der Waals surface area contributed by atoms with E-state index in [9.17, 15) is 35.9 Å². The summed E-state index contributed by atoms with van der Waals surface area (Å²) < 4.78 is 83.3. The highest BCUT2D eigenvalue weighted by atomic mass is 19.4. The molecule has 14 heteroatoms. The van der Waals surface area contributed by atoms with Gasteiger partial charge in [-0.15, -0.1) is 0 Å². The van der Waals surface area contributed by atoms with E-state index >= 15 is 0 Å². The predicted molar refractivity (Wildman–Crippen MR) is 122 cm³/mol. The number of carbonyl (C=O) groups excluding carboxylic acids is 2. The number of pyridine rings is 2. The Morgan fingerprint density at radius 1 is 0.974 bits per heavy atom. The van der Waals surface area contributed by atoms with E-state index in [1.807, 2.05) is 0 Å². The first-order valence-electron chi connectivity index (χ1n) is 11.1. The van der Waals surface area contributed by atoms with Gasteiger partial charge in [0.05, 0.1) is 29.5 Å². The third-order valence-electron chi connectivity index (χ3n) is 6.09. The van der Waals surface area contributed by atoms with Gasteiger partial charge in [-0.25, -0.2) is 19.6 Å². The van der Waals surface area contributed by atoms with Gasteiger partial charge in [-0.3, -0.25) is 10.2 Å². The molecule has 8 nitrogen and oxygen atoms in total. The molecule has 2 atom stereocenters. The lowest BCUT2D eigenvalue weighted by molar-refractivity contribution is -0.204. The number of nitrogens with one attached hydrogen (secondary N) is 1. The van der Waals surface area contributed by atoms with E-state index < -0.39 is 42.1 Å². The Hall–Kier alpha value is -4.36. The van der Waals surface area contributed by atoms with E-state index in [0.717, 1.165) is 17.0 Å². The van der Waals surface area contributed by atoms with Crippen molar-refractivity contribution in [2.45, 2.75) is 24.5 Å². The van der Waals surface area contributed by atoms with E-state index in [1.165, 1.54) is 36.5 Å². The highest BCUT2D eigenvalue weighted by molar-refractivity contribution is 6.04. The van der Waals surface area contributed by atoms with Gasteiger partial charge in [-0.1, -0.05) is 18.2 Å². The Morgan fingerprint density at radius 3 is 2.45 bits per heavy atom. The fraction of sp³-hybridized carbons (Fsp3) is 0.250. The molecule has 0 unspecified atom stereocenters. The summed E-state index contributed by atoms with van der Waals surface area (Å²) in [6, 6.07) is 10.2. The standard InChI is InChI=1S/C24H17F6N5O3/c25-23(26,27)14-5-3-4-13(10-14)15-7-8-16-20(32-15)35(22(37)33-19-6-1-2-9-31-19)17-11-34(16)12-18(17)38-21(36)24(28,29)30/h1-10,17-18H,11-12H2,(H,31,33,37)/t17-,18+/m1/s1. The second-order valence-corrected chi connectivity index (χ2v) is 8.55. The zero-order valence-corrected chi connectivity index (χ0v) is 19.1. The van der Waals surface area contributed by atoms with Gasteiger partial charge < -0.3 is 9.64 Å². The van der Waals surface area contributed by atoms with Crippen molar-refractivity contribution >= 4 is 29.3 Å². The average molecular weight is 537 g/mol. The monoisotopic (exact) mass is 537 g/mol. The van der Waals surface area contributed by atoms with Crippen molar-refractivity contribution in [1.82, 2.24) is 9.97 Å². The summed E-state index contributed by atoms with van der Waals surface area (Å²) in [5, 5.41) is 2.53. The number of aromatic nitrogens is 2. The van der Waals surface area contributed by atoms with Crippen LogP contribution in [0.1, 0.15) is 5.56 Å². The van der Waals surface area contributed by atoms with Crippen LogP contribution in [0.15, 0.2) is 60.8 Å². The fourth-order valence-corrected chi connectivity index (χ4v) is 4.41. The van der Waals surface area contributed by atoms with Crippen LogP contribution in [-0.2, 0) is 15.7 Å². The van der Waals surface area contributed by atoms with Crippen molar-refractivity contribution in [1.29, 1.82) is 0 Å². The predicted octanol–water partition coefficient (Wildman–Crippen LogP) is 4.88. The lowest BCUT2D eigenvalue weighted by Gasteiger charge is -2.36. The van der Waals surface area contributed by atoms with Crippen molar-refractivity contribution in [3.63, 3.8) is 0 Å². The molecule has 0 saturated carbocycles. The maximum atomic E-state index is 13.4. The number of esters is 1. The van der Waals surface area contributed by atoms with E-state index in [-0.39, 0.29) is 36.0 Å². The third-order valence-corrected chi connectivity index (χ3v) is 6.09. The number of rotatable bonds is 3. The minimum atomic E-state index is -5.24. The van der Waals surface area contributed by atoms with Gasteiger partial charge in [0.1, 0.15) is 11.9 Å². The number of nitrogens with zero attached hydrogens (tertiary/aromatic N) is 4. The molecule has 198 valence electrons. The van der Waals surface area contributed by atoms with Crippen LogP contribution >= 0.6 is 0 Å². The lowest BCUT2D eigenvalue weighted by atomic mass is 10.1. The number of fused-ring (bicyclic) bond motifs is 4. The number of ether oxygens (including phenoxy) is 1. The number of hydrogen-bond acceptors (Lipinski definition) is 6. The van der Waals surface area contributed by atoms with Crippen LogP contribution in [0.3, 0.4) is 0 Å². The molecule has 4 heterocycles. The summed E-state index contributed by atoms with van der Waals surface area (Å²) in [5.74, 6) is -2.28. The first-order valence-corrected chi connectivity index (χ1v) is 11.1. The summed E-state index contributed by atoms with van der Waals surface area (Å²) >= 11 is 0. The molecule has 5 rings (SSSR count). The molecule has 0 aliphatic carbocycles. The van der Waals surface area contributed by atoms with Crippen LogP contribution in [0.5, 0.6) is 0 Å². The zero-order valence-electron chi connectivity index (χ0n) is 19.1. The number of alkyl halides is 6. The highest BCUT2D eigenvalue weighted by Crippen LogP contribution is 2.42. The lowest BCUT2D eigenvalue weighted by Crippen LogP contribution is -2.52. The Labute approximate surface area is 210 Å². The van der Waals surface area contributed by atoms with Crippen molar-refractivity contribution in [2.24, 2.45) is 0 Å². The Morgan fingerprint density at radius 2 is 1.76 bits per heavy atom. The number of benzene rings is 1. The summed E-state index contributed by atoms with van der Waals surface area (Å²) in [7, 11) is 0. The first kappa shape index (κ1) is 25.3. The molecule has 38 heavy (non-hydrogen) atoms. The van der Waals surface area contributed by atoms with Gasteiger partial charge >= 0.3 is 24.4 Å². The van der Waals surface area contributed by atoms with Gasteiger partial charge in [0.15, 0.2) is 5.82 Å².